The summed E-state index contributed by atoms with van der Waals surface area (Å²) < 4.78 is 7.35. The third kappa shape index (κ3) is 3.68. The van der Waals surface area contributed by atoms with Crippen molar-refractivity contribution in [3.8, 4) is 18.1 Å². The van der Waals surface area contributed by atoms with Gasteiger partial charge in [-0.05, 0) is 31.2 Å². The zero-order valence-corrected chi connectivity index (χ0v) is 14.5. The van der Waals surface area contributed by atoms with Crippen molar-refractivity contribution < 1.29 is 4.74 Å². The van der Waals surface area contributed by atoms with E-state index in [1.165, 1.54) is 0 Å². The molecule has 0 saturated heterocycles. The largest absolute Gasteiger partial charge is 0.492 e. The van der Waals surface area contributed by atoms with E-state index < -0.39 is 0 Å². The fourth-order valence-electron chi connectivity index (χ4n) is 2.51. The predicted octanol–water partition coefficient (Wildman–Crippen LogP) is 2.87. The van der Waals surface area contributed by atoms with Crippen molar-refractivity contribution in [2.75, 3.05) is 18.5 Å². The summed E-state index contributed by atoms with van der Waals surface area (Å²) >= 11 is 6.14. The molecule has 128 valence electrons. The van der Waals surface area contributed by atoms with Crippen molar-refractivity contribution in [1.29, 1.82) is 0 Å². The molecular weight excluding hydrogens is 338 g/mol. The minimum Gasteiger partial charge on any atom is -0.492 e. The summed E-state index contributed by atoms with van der Waals surface area (Å²) in [5, 5.41) is 8.14. The zero-order valence-electron chi connectivity index (χ0n) is 13.7. The van der Waals surface area contributed by atoms with Crippen LogP contribution in [0.4, 0.5) is 5.82 Å². The molecule has 0 aliphatic heterocycles. The minimum absolute atomic E-state index is 0.0846. The van der Waals surface area contributed by atoms with Gasteiger partial charge in [0.15, 0.2) is 5.65 Å². The smallest absolute Gasteiger partial charge is 0.172 e. The number of nitrogens with zero attached hydrogens (tertiary/aromatic N) is 3. The molecule has 0 amide bonds. The van der Waals surface area contributed by atoms with Crippen molar-refractivity contribution in [2.24, 2.45) is 5.73 Å². The Hall–Kier alpha value is -2.75. The van der Waals surface area contributed by atoms with Gasteiger partial charge in [0.25, 0.3) is 0 Å². The van der Waals surface area contributed by atoms with E-state index in [4.69, 9.17) is 28.5 Å². The van der Waals surface area contributed by atoms with Crippen LogP contribution in [0.1, 0.15) is 24.1 Å². The first-order chi connectivity index (χ1) is 12.1. The van der Waals surface area contributed by atoms with E-state index in [1.807, 2.05) is 31.3 Å². The van der Waals surface area contributed by atoms with E-state index >= 15 is 0 Å². The van der Waals surface area contributed by atoms with Crippen molar-refractivity contribution in [3.63, 3.8) is 0 Å². The second-order valence-electron chi connectivity index (χ2n) is 5.47. The van der Waals surface area contributed by atoms with Gasteiger partial charge in [-0.3, -0.25) is 0 Å². The number of nitrogens with one attached hydrogen (secondary N) is 1. The third-order valence-electron chi connectivity index (χ3n) is 3.70. The second-order valence-corrected chi connectivity index (χ2v) is 5.91. The summed E-state index contributed by atoms with van der Waals surface area (Å²) in [5.41, 5.74) is 7.72. The molecular formula is C18H18ClN5O. The minimum atomic E-state index is -0.0846. The van der Waals surface area contributed by atoms with E-state index in [9.17, 15) is 0 Å². The first-order valence-corrected chi connectivity index (χ1v) is 8.20. The summed E-state index contributed by atoms with van der Waals surface area (Å²) in [7, 11) is 0. The van der Waals surface area contributed by atoms with E-state index in [2.05, 4.69) is 21.3 Å². The molecule has 25 heavy (non-hydrogen) atoms. The molecule has 2 heterocycles. The van der Waals surface area contributed by atoms with Crippen LogP contribution in [0.5, 0.6) is 5.75 Å². The zero-order chi connectivity index (χ0) is 17.8. The van der Waals surface area contributed by atoms with Crippen molar-refractivity contribution in [1.82, 2.24) is 14.6 Å². The number of halogens is 1. The number of ether oxygens (including phenoxy) is 1. The lowest BCUT2D eigenvalue weighted by molar-refractivity contribution is 0.324. The molecule has 1 aromatic carbocycles. The molecule has 3 aromatic rings. The summed E-state index contributed by atoms with van der Waals surface area (Å²) in [6.45, 7) is 2.89. The van der Waals surface area contributed by atoms with Crippen LogP contribution >= 0.6 is 11.6 Å². The number of fused-ring (bicyclic) bond motifs is 1. The van der Waals surface area contributed by atoms with Crippen LogP contribution in [0.3, 0.4) is 0 Å². The van der Waals surface area contributed by atoms with E-state index in [0.29, 0.717) is 35.2 Å². The molecule has 1 atom stereocenters. The van der Waals surface area contributed by atoms with Gasteiger partial charge in [-0.1, -0.05) is 17.5 Å². The summed E-state index contributed by atoms with van der Waals surface area (Å²) in [6, 6.07) is 7.25. The van der Waals surface area contributed by atoms with Crippen LogP contribution in [0, 0.1) is 12.3 Å². The lowest BCUT2D eigenvalue weighted by atomic mass is 10.1. The number of benzene rings is 1. The van der Waals surface area contributed by atoms with Gasteiger partial charge in [0.05, 0.1) is 17.8 Å². The first kappa shape index (κ1) is 17.1. The quantitative estimate of drug-likeness (QED) is 0.665. The number of nitrogens with two attached hydrogens (primary N) is 1. The molecule has 3 N–H and O–H groups in total. The van der Waals surface area contributed by atoms with Gasteiger partial charge in [-0.15, -0.1) is 6.42 Å². The normalized spacial score (nSPS) is 11.9. The van der Waals surface area contributed by atoms with Crippen LogP contribution in [0.25, 0.3) is 5.65 Å². The molecule has 0 saturated carbocycles. The Balaban J connectivity index is 1.88. The number of hydrogen-bond donors (Lipinski definition) is 2. The molecule has 1 unspecified atom stereocenters. The summed E-state index contributed by atoms with van der Waals surface area (Å²) in [6.07, 6.45) is 8.90. The third-order valence-corrected chi connectivity index (χ3v) is 3.94. The topological polar surface area (TPSA) is 77.5 Å². The first-order valence-electron chi connectivity index (χ1n) is 7.82. The molecule has 2 aromatic heterocycles. The maximum Gasteiger partial charge on any atom is 0.172 e. The number of rotatable bonds is 6. The fraction of sp³-hybridized carbons (Fsp3) is 0.222. The summed E-state index contributed by atoms with van der Waals surface area (Å²) in [5.74, 6) is 4.00. The van der Waals surface area contributed by atoms with Gasteiger partial charge < -0.3 is 15.8 Å². The molecule has 6 nitrogen and oxygen atoms in total. The number of terminal acetylenes is 1. The molecule has 7 heteroatoms. The van der Waals surface area contributed by atoms with Crippen molar-refractivity contribution in [3.05, 3.63) is 52.8 Å². The maximum atomic E-state index is 6.14. The Labute approximate surface area is 151 Å². The van der Waals surface area contributed by atoms with Gasteiger partial charge in [-0.2, -0.15) is 5.10 Å². The van der Waals surface area contributed by atoms with Crippen LogP contribution in [-0.4, -0.2) is 27.7 Å². The molecule has 0 aliphatic carbocycles. The van der Waals surface area contributed by atoms with Gasteiger partial charge >= 0.3 is 0 Å². The Kier molecular flexibility index (Phi) is 5.08. The molecule has 3 rings (SSSR count). The van der Waals surface area contributed by atoms with Crippen LogP contribution < -0.4 is 15.8 Å². The monoisotopic (exact) mass is 355 g/mol. The van der Waals surface area contributed by atoms with Crippen LogP contribution in [0.15, 0.2) is 36.7 Å². The highest BCUT2D eigenvalue weighted by Crippen LogP contribution is 2.30. The number of anilines is 1. The SMILES string of the molecule is C#Cc1cnn2ccc(NC(C)c3cc(Cl)ccc3OCCN)nc12. The average molecular weight is 356 g/mol. The van der Waals surface area contributed by atoms with Crippen LogP contribution in [-0.2, 0) is 0 Å². The molecule has 0 spiro atoms. The standard InChI is InChI=1S/C18H18ClN5O/c1-3-13-11-21-24-8-6-17(23-18(13)24)22-12(2)15-10-14(19)4-5-16(15)25-9-7-20/h1,4-6,8,10-12H,7,9,20H2,2H3,(H,22,23). The summed E-state index contributed by atoms with van der Waals surface area (Å²) in [4.78, 5) is 4.54. The maximum absolute atomic E-state index is 6.14. The lowest BCUT2D eigenvalue weighted by Gasteiger charge is -2.19. The fourth-order valence-corrected chi connectivity index (χ4v) is 2.69. The van der Waals surface area contributed by atoms with Crippen LogP contribution in [0.2, 0.25) is 5.02 Å². The highest BCUT2D eigenvalue weighted by atomic mass is 35.5. The Morgan fingerprint density at radius 1 is 1.44 bits per heavy atom. The Morgan fingerprint density at radius 2 is 2.28 bits per heavy atom. The molecule has 0 radical (unpaired) electrons. The highest BCUT2D eigenvalue weighted by Gasteiger charge is 2.14. The Morgan fingerprint density at radius 3 is 3.04 bits per heavy atom. The number of aromatic nitrogens is 3. The Bertz CT molecular complexity index is 931. The predicted molar refractivity (Wildman–Crippen MR) is 99.0 cm³/mol. The molecule has 0 bridgehead atoms. The highest BCUT2D eigenvalue weighted by molar-refractivity contribution is 6.30. The van der Waals surface area contributed by atoms with E-state index in [-0.39, 0.29) is 6.04 Å². The van der Waals surface area contributed by atoms with Gasteiger partial charge in [0.2, 0.25) is 0 Å². The molecule has 0 aliphatic rings. The van der Waals surface area contributed by atoms with E-state index in [0.717, 1.165) is 11.3 Å². The van der Waals surface area contributed by atoms with Crippen molar-refractivity contribution >= 4 is 23.1 Å². The second kappa shape index (κ2) is 7.43. The van der Waals surface area contributed by atoms with Gasteiger partial charge in [-0.25, -0.2) is 9.50 Å². The van der Waals surface area contributed by atoms with E-state index in [1.54, 1.807) is 16.8 Å². The average Bonchev–Trinajstić information content (AvgIpc) is 3.03. The molecule has 0 fully saturated rings. The van der Waals surface area contributed by atoms with Crippen molar-refractivity contribution in [2.45, 2.75) is 13.0 Å². The number of hydrogen-bond acceptors (Lipinski definition) is 5. The van der Waals surface area contributed by atoms with Gasteiger partial charge in [0, 0.05) is 23.3 Å². The lowest BCUT2D eigenvalue weighted by Crippen LogP contribution is -2.14. The van der Waals surface area contributed by atoms with Gasteiger partial charge in [0.1, 0.15) is 18.2 Å².